The average Bonchev–Trinajstić information content (AvgIpc) is 2.58. The van der Waals surface area contributed by atoms with Gasteiger partial charge in [0.25, 0.3) is 5.91 Å². The molecule has 0 saturated carbocycles. The predicted octanol–water partition coefficient (Wildman–Crippen LogP) is 3.83. The fourth-order valence-electron chi connectivity index (χ4n) is 2.46. The highest BCUT2D eigenvalue weighted by atomic mass is 32.2. The van der Waals surface area contributed by atoms with E-state index in [0.29, 0.717) is 0 Å². The van der Waals surface area contributed by atoms with E-state index in [2.05, 4.69) is 5.32 Å². The Labute approximate surface area is 161 Å². The molecule has 0 unspecified atom stereocenters. The van der Waals surface area contributed by atoms with Crippen molar-refractivity contribution in [2.75, 3.05) is 6.26 Å². The van der Waals surface area contributed by atoms with Crippen LogP contribution >= 0.6 is 0 Å². The number of hydrogen-bond acceptors (Lipinski definition) is 4. The molecule has 0 radical (unpaired) electrons. The van der Waals surface area contributed by atoms with Crippen molar-refractivity contribution < 1.29 is 31.1 Å². The van der Waals surface area contributed by atoms with Gasteiger partial charge in [-0.15, -0.1) is 0 Å². The SMILES string of the molecule is CC(C)Oc1ccc(CNC(=O)c2cccc(S(C)(=O)=O)c2)c(C(F)(F)F)c1. The fraction of sp³-hybridized carbons (Fsp3) is 0.316. The number of rotatable bonds is 6. The van der Waals surface area contributed by atoms with Crippen LogP contribution in [0.25, 0.3) is 0 Å². The zero-order valence-electron chi connectivity index (χ0n) is 15.5. The topological polar surface area (TPSA) is 72.5 Å². The van der Waals surface area contributed by atoms with Gasteiger partial charge in [-0.25, -0.2) is 8.42 Å². The van der Waals surface area contributed by atoms with Crippen LogP contribution in [0.4, 0.5) is 13.2 Å². The lowest BCUT2D eigenvalue weighted by Crippen LogP contribution is -2.25. The normalized spacial score (nSPS) is 12.1. The Kier molecular flexibility index (Phi) is 6.38. The van der Waals surface area contributed by atoms with E-state index in [-0.39, 0.29) is 34.4 Å². The lowest BCUT2D eigenvalue weighted by molar-refractivity contribution is -0.138. The van der Waals surface area contributed by atoms with Gasteiger partial charge in [-0.3, -0.25) is 4.79 Å². The van der Waals surface area contributed by atoms with Gasteiger partial charge in [-0.1, -0.05) is 12.1 Å². The lowest BCUT2D eigenvalue weighted by Gasteiger charge is -2.17. The number of benzene rings is 2. The molecule has 2 aromatic carbocycles. The summed E-state index contributed by atoms with van der Waals surface area (Å²) in [5.74, 6) is -0.598. The van der Waals surface area contributed by atoms with E-state index in [1.807, 2.05) is 0 Å². The van der Waals surface area contributed by atoms with Gasteiger partial charge >= 0.3 is 6.18 Å². The number of alkyl halides is 3. The van der Waals surface area contributed by atoms with E-state index < -0.39 is 27.5 Å². The first-order valence-corrected chi connectivity index (χ1v) is 10.2. The molecule has 0 spiro atoms. The summed E-state index contributed by atoms with van der Waals surface area (Å²) < 4.78 is 68.6. The number of nitrogens with one attached hydrogen (secondary N) is 1. The average molecular weight is 415 g/mol. The first kappa shape index (κ1) is 21.7. The van der Waals surface area contributed by atoms with Crippen molar-refractivity contribution in [1.82, 2.24) is 5.32 Å². The van der Waals surface area contributed by atoms with E-state index in [0.717, 1.165) is 12.3 Å². The highest BCUT2D eigenvalue weighted by Gasteiger charge is 2.34. The van der Waals surface area contributed by atoms with Crippen LogP contribution in [0.5, 0.6) is 5.75 Å². The third-order valence-corrected chi connectivity index (χ3v) is 4.83. The van der Waals surface area contributed by atoms with Crippen LogP contribution in [0.2, 0.25) is 0 Å². The molecule has 0 bridgehead atoms. The van der Waals surface area contributed by atoms with E-state index in [1.165, 1.54) is 36.4 Å². The molecular formula is C19H20F3NO4S. The second-order valence-corrected chi connectivity index (χ2v) is 8.48. The molecule has 0 saturated heterocycles. The molecule has 0 aliphatic carbocycles. The van der Waals surface area contributed by atoms with Gasteiger partial charge in [-0.05, 0) is 49.7 Å². The zero-order chi connectivity index (χ0) is 21.1. The van der Waals surface area contributed by atoms with Crippen LogP contribution in [0.15, 0.2) is 47.4 Å². The standard InChI is InChI=1S/C19H20F3NO4S/c1-12(2)27-15-8-7-14(17(10-15)19(20,21)22)11-23-18(24)13-5-4-6-16(9-13)28(3,25)26/h4-10,12H,11H2,1-3H3,(H,23,24). The molecule has 0 atom stereocenters. The Bertz CT molecular complexity index is 969. The maximum Gasteiger partial charge on any atom is 0.416 e. The summed E-state index contributed by atoms with van der Waals surface area (Å²) in [6, 6.07) is 8.83. The highest BCUT2D eigenvalue weighted by Crippen LogP contribution is 2.34. The Balaban J connectivity index is 2.23. The van der Waals surface area contributed by atoms with Crippen LogP contribution in [-0.2, 0) is 22.6 Å². The van der Waals surface area contributed by atoms with E-state index in [9.17, 15) is 26.4 Å². The summed E-state index contributed by atoms with van der Waals surface area (Å²) in [4.78, 5) is 12.2. The number of sulfone groups is 1. The molecule has 2 aromatic rings. The minimum Gasteiger partial charge on any atom is -0.491 e. The lowest BCUT2D eigenvalue weighted by atomic mass is 10.1. The minimum atomic E-state index is -4.62. The molecule has 0 aliphatic heterocycles. The monoisotopic (exact) mass is 415 g/mol. The summed E-state index contributed by atoms with van der Waals surface area (Å²) >= 11 is 0. The Morgan fingerprint density at radius 1 is 1.14 bits per heavy atom. The van der Waals surface area contributed by atoms with E-state index in [1.54, 1.807) is 13.8 Å². The minimum absolute atomic E-state index is 0.0382. The van der Waals surface area contributed by atoms with E-state index in [4.69, 9.17) is 4.74 Å². The van der Waals surface area contributed by atoms with Gasteiger partial charge in [0.15, 0.2) is 9.84 Å². The first-order valence-electron chi connectivity index (χ1n) is 8.33. The molecule has 152 valence electrons. The van der Waals surface area contributed by atoms with E-state index >= 15 is 0 Å². The molecule has 0 aliphatic rings. The van der Waals surface area contributed by atoms with Crippen molar-refractivity contribution in [2.24, 2.45) is 0 Å². The fourth-order valence-corrected chi connectivity index (χ4v) is 3.13. The Morgan fingerprint density at radius 2 is 1.82 bits per heavy atom. The van der Waals surface area contributed by atoms with Crippen molar-refractivity contribution in [1.29, 1.82) is 0 Å². The van der Waals surface area contributed by atoms with Crippen molar-refractivity contribution >= 4 is 15.7 Å². The van der Waals surface area contributed by atoms with Gasteiger partial charge < -0.3 is 10.1 Å². The molecule has 1 N–H and O–H groups in total. The largest absolute Gasteiger partial charge is 0.491 e. The van der Waals surface area contributed by atoms with Crippen molar-refractivity contribution in [3.8, 4) is 5.75 Å². The van der Waals surface area contributed by atoms with Crippen LogP contribution in [-0.4, -0.2) is 26.7 Å². The second kappa shape index (κ2) is 8.22. The van der Waals surface area contributed by atoms with Crippen LogP contribution in [0.1, 0.15) is 35.3 Å². The molecule has 0 heterocycles. The first-order chi connectivity index (χ1) is 12.9. The summed E-state index contributed by atoms with van der Waals surface area (Å²) in [6.07, 6.45) is -3.90. The maximum atomic E-state index is 13.4. The molecule has 5 nitrogen and oxygen atoms in total. The number of ether oxygens (including phenoxy) is 1. The van der Waals surface area contributed by atoms with Crippen molar-refractivity contribution in [2.45, 2.75) is 37.6 Å². The summed E-state index contributed by atoms with van der Waals surface area (Å²) in [7, 11) is -3.51. The van der Waals surface area contributed by atoms with Crippen LogP contribution in [0.3, 0.4) is 0 Å². The number of hydrogen-bond donors (Lipinski definition) is 1. The number of amides is 1. The predicted molar refractivity (Wildman–Crippen MR) is 97.9 cm³/mol. The number of carbonyl (C=O) groups excluding carboxylic acids is 1. The Hall–Kier alpha value is -2.55. The smallest absolute Gasteiger partial charge is 0.416 e. The van der Waals surface area contributed by atoms with Crippen molar-refractivity contribution in [3.63, 3.8) is 0 Å². The van der Waals surface area contributed by atoms with Gasteiger partial charge in [0.1, 0.15) is 5.75 Å². The molecule has 0 aromatic heterocycles. The summed E-state index contributed by atoms with van der Waals surface area (Å²) in [6.45, 7) is 3.02. The summed E-state index contributed by atoms with van der Waals surface area (Å²) in [5, 5.41) is 2.39. The molecule has 28 heavy (non-hydrogen) atoms. The molecule has 2 rings (SSSR count). The molecule has 0 fully saturated rings. The molecular weight excluding hydrogens is 395 g/mol. The van der Waals surface area contributed by atoms with Gasteiger partial charge in [-0.2, -0.15) is 13.2 Å². The Morgan fingerprint density at radius 3 is 2.39 bits per heavy atom. The second-order valence-electron chi connectivity index (χ2n) is 6.47. The molecule has 9 heteroatoms. The highest BCUT2D eigenvalue weighted by molar-refractivity contribution is 7.90. The molecule has 1 amide bonds. The van der Waals surface area contributed by atoms with Crippen molar-refractivity contribution in [3.05, 3.63) is 59.2 Å². The van der Waals surface area contributed by atoms with Crippen LogP contribution < -0.4 is 10.1 Å². The third-order valence-electron chi connectivity index (χ3n) is 3.72. The number of carbonyl (C=O) groups is 1. The zero-order valence-corrected chi connectivity index (χ0v) is 16.3. The third kappa shape index (κ3) is 5.72. The van der Waals surface area contributed by atoms with Gasteiger partial charge in [0.2, 0.25) is 0 Å². The van der Waals surface area contributed by atoms with Gasteiger partial charge in [0, 0.05) is 18.4 Å². The number of halogens is 3. The van der Waals surface area contributed by atoms with Gasteiger partial charge in [0.05, 0.1) is 16.6 Å². The van der Waals surface area contributed by atoms with Crippen LogP contribution in [0, 0.1) is 0 Å². The summed E-state index contributed by atoms with van der Waals surface area (Å²) in [5.41, 5.74) is -0.997. The quantitative estimate of drug-likeness (QED) is 0.779. The maximum absolute atomic E-state index is 13.4.